The van der Waals surface area contributed by atoms with Crippen molar-refractivity contribution in [3.05, 3.63) is 36.2 Å². The highest BCUT2D eigenvalue weighted by Gasteiger charge is 2.35. The van der Waals surface area contributed by atoms with Gasteiger partial charge >= 0.3 is 6.18 Å². The molecule has 1 aromatic heterocycles. The van der Waals surface area contributed by atoms with Gasteiger partial charge in [0.15, 0.2) is 9.84 Å². The minimum Gasteiger partial charge on any atom is -0.308 e. The Hall–Kier alpha value is -2.20. The first-order valence-electron chi connectivity index (χ1n) is 5.84. The van der Waals surface area contributed by atoms with E-state index in [1.165, 1.54) is 30.3 Å². The number of nitrogens with zero attached hydrogens (tertiary/aromatic N) is 2. The minimum absolute atomic E-state index is 0.0321. The Morgan fingerprint density at radius 2 is 1.73 bits per heavy atom. The van der Waals surface area contributed by atoms with E-state index < -0.39 is 21.8 Å². The maximum Gasteiger partial charge on any atom is 0.451 e. The summed E-state index contributed by atoms with van der Waals surface area (Å²) < 4.78 is 61.0. The maximum absolute atomic E-state index is 12.7. The Labute approximate surface area is 124 Å². The molecule has 1 aromatic carbocycles. The van der Waals surface area contributed by atoms with Crippen LogP contribution in [0.4, 0.5) is 19.0 Å². The molecule has 0 saturated carbocycles. The van der Waals surface area contributed by atoms with Gasteiger partial charge in [-0.1, -0.05) is 12.1 Å². The molecule has 6 nitrogen and oxygen atoms in total. The summed E-state index contributed by atoms with van der Waals surface area (Å²) in [4.78, 5) is 6.73. The summed E-state index contributed by atoms with van der Waals surface area (Å²) in [6.45, 7) is 0. The Morgan fingerprint density at radius 1 is 1.14 bits per heavy atom. The zero-order valence-corrected chi connectivity index (χ0v) is 12.0. The zero-order valence-electron chi connectivity index (χ0n) is 11.2. The summed E-state index contributed by atoms with van der Waals surface area (Å²) in [6.07, 6.45) is -3.70. The second-order valence-corrected chi connectivity index (χ2v) is 6.42. The molecule has 0 unspecified atom stereocenters. The van der Waals surface area contributed by atoms with Crippen LogP contribution in [0.2, 0.25) is 0 Å². The summed E-state index contributed by atoms with van der Waals surface area (Å²) in [5.41, 5.74) is 2.31. The average Bonchev–Trinajstić information content (AvgIpc) is 2.45. The molecule has 0 aliphatic carbocycles. The maximum atomic E-state index is 12.7. The predicted octanol–water partition coefficient (Wildman–Crippen LogP) is 1.85. The third-order valence-electron chi connectivity index (χ3n) is 2.71. The minimum atomic E-state index is -4.73. The van der Waals surface area contributed by atoms with Crippen molar-refractivity contribution in [3.8, 4) is 11.3 Å². The molecule has 2 rings (SSSR count). The molecule has 0 fully saturated rings. The lowest BCUT2D eigenvalue weighted by atomic mass is 10.1. The van der Waals surface area contributed by atoms with Crippen molar-refractivity contribution in [3.63, 3.8) is 0 Å². The Bertz CT molecular complexity index is 789. The van der Waals surface area contributed by atoms with Crippen molar-refractivity contribution in [2.24, 2.45) is 5.84 Å². The quantitative estimate of drug-likeness (QED) is 0.657. The van der Waals surface area contributed by atoms with E-state index in [1.807, 2.05) is 5.43 Å². The van der Waals surface area contributed by atoms with Crippen LogP contribution in [0.3, 0.4) is 0 Å². The van der Waals surface area contributed by atoms with Gasteiger partial charge in [0.25, 0.3) is 0 Å². The first-order valence-corrected chi connectivity index (χ1v) is 7.74. The molecule has 118 valence electrons. The molecule has 1 heterocycles. The molecule has 0 bridgehead atoms. The van der Waals surface area contributed by atoms with Crippen molar-refractivity contribution in [1.29, 1.82) is 0 Å². The Kier molecular flexibility index (Phi) is 4.07. The van der Waals surface area contributed by atoms with Gasteiger partial charge in [-0.2, -0.15) is 13.2 Å². The number of benzene rings is 1. The van der Waals surface area contributed by atoms with Crippen molar-refractivity contribution in [1.82, 2.24) is 9.97 Å². The van der Waals surface area contributed by atoms with Crippen molar-refractivity contribution in [2.45, 2.75) is 11.1 Å². The van der Waals surface area contributed by atoms with E-state index in [0.717, 1.165) is 6.26 Å². The standard InChI is InChI=1S/C12H11F3N4O2S/c1-22(20,21)8-4-2-7(3-5-8)9-6-10(19-16)18-11(17-9)12(13,14)15/h2-6H,16H2,1H3,(H,17,18,19). The SMILES string of the molecule is CS(=O)(=O)c1ccc(-c2cc(NN)nc(C(F)(F)F)n2)cc1. The fraction of sp³-hybridized carbons (Fsp3) is 0.167. The fourth-order valence-electron chi connectivity index (χ4n) is 1.67. The normalized spacial score (nSPS) is 12.2. The van der Waals surface area contributed by atoms with Crippen LogP contribution < -0.4 is 11.3 Å². The van der Waals surface area contributed by atoms with Crippen molar-refractivity contribution < 1.29 is 21.6 Å². The van der Waals surface area contributed by atoms with Crippen LogP contribution in [0.1, 0.15) is 5.82 Å². The number of hydrazine groups is 1. The van der Waals surface area contributed by atoms with Crippen LogP contribution in [0, 0.1) is 0 Å². The number of nitrogens with two attached hydrogens (primary N) is 1. The molecule has 22 heavy (non-hydrogen) atoms. The third-order valence-corrected chi connectivity index (χ3v) is 3.83. The van der Waals surface area contributed by atoms with Crippen LogP contribution in [-0.2, 0) is 16.0 Å². The van der Waals surface area contributed by atoms with E-state index in [2.05, 4.69) is 9.97 Å². The lowest BCUT2D eigenvalue weighted by molar-refractivity contribution is -0.144. The lowest BCUT2D eigenvalue weighted by Gasteiger charge is -2.10. The highest BCUT2D eigenvalue weighted by molar-refractivity contribution is 7.90. The van der Waals surface area contributed by atoms with Crippen molar-refractivity contribution >= 4 is 15.7 Å². The number of hydrogen-bond acceptors (Lipinski definition) is 6. The molecule has 10 heteroatoms. The number of aromatic nitrogens is 2. The van der Waals surface area contributed by atoms with E-state index in [9.17, 15) is 21.6 Å². The molecule has 0 saturated heterocycles. The van der Waals surface area contributed by atoms with Gasteiger partial charge in [0.1, 0.15) is 5.82 Å². The van der Waals surface area contributed by atoms with Crippen LogP contribution in [0.5, 0.6) is 0 Å². The Balaban J connectivity index is 2.52. The number of hydrogen-bond donors (Lipinski definition) is 2. The Morgan fingerprint density at radius 3 is 2.18 bits per heavy atom. The van der Waals surface area contributed by atoms with E-state index in [1.54, 1.807) is 0 Å². The average molecular weight is 332 g/mol. The number of halogens is 3. The molecule has 0 atom stereocenters. The van der Waals surface area contributed by atoms with Gasteiger partial charge < -0.3 is 5.43 Å². The van der Waals surface area contributed by atoms with Crippen LogP contribution >= 0.6 is 0 Å². The van der Waals surface area contributed by atoms with Gasteiger partial charge in [0.2, 0.25) is 5.82 Å². The fourth-order valence-corrected chi connectivity index (χ4v) is 2.30. The van der Waals surface area contributed by atoms with E-state index in [4.69, 9.17) is 5.84 Å². The van der Waals surface area contributed by atoms with Crippen molar-refractivity contribution in [2.75, 3.05) is 11.7 Å². The molecule has 2 aromatic rings. The summed E-state index contributed by atoms with van der Waals surface area (Å²) in [5, 5.41) is 0. The largest absolute Gasteiger partial charge is 0.451 e. The van der Waals surface area contributed by atoms with Crippen LogP contribution in [0.25, 0.3) is 11.3 Å². The number of rotatable bonds is 3. The van der Waals surface area contributed by atoms with Gasteiger partial charge in [-0.3, -0.25) is 0 Å². The van der Waals surface area contributed by atoms with Crippen LogP contribution in [0.15, 0.2) is 35.2 Å². The summed E-state index contributed by atoms with van der Waals surface area (Å²) in [6, 6.07) is 6.52. The number of anilines is 1. The van der Waals surface area contributed by atoms with Gasteiger partial charge in [-0.15, -0.1) is 0 Å². The molecule has 0 radical (unpaired) electrons. The van der Waals surface area contributed by atoms with Gasteiger partial charge in [-0.25, -0.2) is 24.2 Å². The summed E-state index contributed by atoms with van der Waals surface area (Å²) in [5.74, 6) is 3.56. The summed E-state index contributed by atoms with van der Waals surface area (Å²) >= 11 is 0. The lowest BCUT2D eigenvalue weighted by Crippen LogP contribution is -2.16. The molecule has 0 spiro atoms. The topological polar surface area (TPSA) is 98.0 Å². The molecule has 0 amide bonds. The molecular weight excluding hydrogens is 321 g/mol. The number of alkyl halides is 3. The second-order valence-electron chi connectivity index (χ2n) is 4.40. The second kappa shape index (κ2) is 5.54. The summed E-state index contributed by atoms with van der Waals surface area (Å²) in [7, 11) is -3.39. The monoisotopic (exact) mass is 332 g/mol. The molecule has 0 aliphatic heterocycles. The van der Waals surface area contributed by atoms with Gasteiger partial charge in [-0.05, 0) is 12.1 Å². The highest BCUT2D eigenvalue weighted by Crippen LogP contribution is 2.30. The number of nitrogen functional groups attached to an aromatic ring is 1. The highest BCUT2D eigenvalue weighted by atomic mass is 32.2. The van der Waals surface area contributed by atoms with E-state index in [-0.39, 0.29) is 16.4 Å². The van der Waals surface area contributed by atoms with E-state index in [0.29, 0.717) is 5.56 Å². The smallest absolute Gasteiger partial charge is 0.308 e. The van der Waals surface area contributed by atoms with E-state index >= 15 is 0 Å². The number of sulfone groups is 1. The molecule has 0 aliphatic rings. The third kappa shape index (κ3) is 3.52. The molecular formula is C12H11F3N4O2S. The van der Waals surface area contributed by atoms with Crippen LogP contribution in [-0.4, -0.2) is 24.6 Å². The first-order chi connectivity index (χ1) is 10.1. The molecule has 3 N–H and O–H groups in total. The van der Waals surface area contributed by atoms with Gasteiger partial charge in [0.05, 0.1) is 10.6 Å². The zero-order chi connectivity index (χ0) is 16.5. The van der Waals surface area contributed by atoms with Gasteiger partial charge in [0, 0.05) is 17.9 Å². The first kappa shape index (κ1) is 16.2. The predicted molar refractivity (Wildman–Crippen MR) is 73.4 cm³/mol. The number of nitrogens with one attached hydrogen (secondary N) is 1.